The van der Waals surface area contributed by atoms with E-state index in [4.69, 9.17) is 4.74 Å². The molecule has 3 heteroatoms. The maximum Gasteiger partial charge on any atom is 0.123 e. The summed E-state index contributed by atoms with van der Waals surface area (Å²) in [7, 11) is 1.61. The molecule has 0 aliphatic heterocycles. The molecule has 0 aliphatic carbocycles. The zero-order valence-electron chi connectivity index (χ0n) is 12.7. The van der Waals surface area contributed by atoms with Crippen LogP contribution < -0.4 is 4.74 Å². The van der Waals surface area contributed by atoms with Gasteiger partial charge in [-0.15, -0.1) is 0 Å². The van der Waals surface area contributed by atoms with Crippen molar-refractivity contribution in [2.24, 2.45) is 0 Å². The van der Waals surface area contributed by atoms with Crippen LogP contribution in [-0.2, 0) is 12.0 Å². The van der Waals surface area contributed by atoms with Crippen LogP contribution in [0.5, 0.6) is 5.75 Å². The molecule has 0 spiro atoms. The van der Waals surface area contributed by atoms with E-state index in [1.807, 2.05) is 32.0 Å². The molecule has 0 aliphatic rings. The first-order valence-electron chi connectivity index (χ1n) is 7.10. The van der Waals surface area contributed by atoms with Gasteiger partial charge in [-0.3, -0.25) is 0 Å². The third kappa shape index (κ3) is 3.42. The number of benzene rings is 2. The molecular formula is C18H21FO2. The van der Waals surface area contributed by atoms with E-state index in [0.717, 1.165) is 16.9 Å². The Hall–Kier alpha value is -1.87. The molecule has 0 radical (unpaired) electrons. The van der Waals surface area contributed by atoms with Gasteiger partial charge in [0.15, 0.2) is 0 Å². The van der Waals surface area contributed by atoms with E-state index in [0.29, 0.717) is 18.4 Å². The van der Waals surface area contributed by atoms with Crippen LogP contribution in [0, 0.1) is 12.7 Å². The second-order valence-corrected chi connectivity index (χ2v) is 5.39. The molecule has 1 atom stereocenters. The molecule has 0 heterocycles. The Kier molecular flexibility index (Phi) is 4.63. The molecule has 0 saturated carbocycles. The van der Waals surface area contributed by atoms with E-state index < -0.39 is 5.60 Å². The van der Waals surface area contributed by atoms with Gasteiger partial charge in [0, 0.05) is 6.42 Å². The predicted molar refractivity (Wildman–Crippen MR) is 82.0 cm³/mol. The average Bonchev–Trinajstić information content (AvgIpc) is 2.47. The van der Waals surface area contributed by atoms with Crippen molar-refractivity contribution in [1.29, 1.82) is 0 Å². The number of aliphatic hydroxyl groups is 1. The van der Waals surface area contributed by atoms with Crippen molar-refractivity contribution in [3.63, 3.8) is 0 Å². The van der Waals surface area contributed by atoms with Crippen molar-refractivity contribution in [3.8, 4) is 5.75 Å². The second kappa shape index (κ2) is 6.27. The first kappa shape index (κ1) is 15.5. The van der Waals surface area contributed by atoms with Gasteiger partial charge in [-0.2, -0.15) is 0 Å². The van der Waals surface area contributed by atoms with Gasteiger partial charge in [-0.25, -0.2) is 4.39 Å². The zero-order chi connectivity index (χ0) is 15.5. The van der Waals surface area contributed by atoms with Crippen LogP contribution >= 0.6 is 0 Å². The number of methoxy groups -OCH3 is 1. The largest absolute Gasteiger partial charge is 0.496 e. The quantitative estimate of drug-likeness (QED) is 0.901. The molecule has 0 bridgehead atoms. The molecule has 2 aromatic carbocycles. The lowest BCUT2D eigenvalue weighted by molar-refractivity contribution is 0.0318. The van der Waals surface area contributed by atoms with Crippen LogP contribution in [0.3, 0.4) is 0 Å². The molecule has 0 aromatic heterocycles. The Bertz CT molecular complexity index is 624. The SMILES string of the molecule is CCC(O)(Cc1cc(C)ccc1OC)c1cccc(F)c1. The van der Waals surface area contributed by atoms with Gasteiger partial charge in [-0.1, -0.05) is 36.8 Å². The fraction of sp³-hybridized carbons (Fsp3) is 0.333. The lowest BCUT2D eigenvalue weighted by atomic mass is 9.84. The van der Waals surface area contributed by atoms with Crippen LogP contribution in [0.4, 0.5) is 4.39 Å². The molecule has 1 N–H and O–H groups in total. The number of hydrogen-bond acceptors (Lipinski definition) is 2. The molecule has 0 amide bonds. The number of hydrogen-bond donors (Lipinski definition) is 1. The summed E-state index contributed by atoms with van der Waals surface area (Å²) >= 11 is 0. The Labute approximate surface area is 125 Å². The van der Waals surface area contributed by atoms with E-state index in [9.17, 15) is 9.50 Å². The Balaban J connectivity index is 2.40. The first-order valence-corrected chi connectivity index (χ1v) is 7.10. The minimum Gasteiger partial charge on any atom is -0.496 e. The molecule has 1 unspecified atom stereocenters. The molecule has 0 fully saturated rings. The molecule has 2 aromatic rings. The normalized spacial score (nSPS) is 13.8. The topological polar surface area (TPSA) is 29.5 Å². The van der Waals surface area contributed by atoms with Crippen LogP contribution in [0.25, 0.3) is 0 Å². The minimum atomic E-state index is -1.11. The van der Waals surface area contributed by atoms with Crippen LogP contribution in [0.1, 0.15) is 30.0 Å². The number of ether oxygens (including phenoxy) is 1. The van der Waals surface area contributed by atoms with Gasteiger partial charge in [0.05, 0.1) is 12.7 Å². The zero-order valence-corrected chi connectivity index (χ0v) is 12.7. The summed E-state index contributed by atoms with van der Waals surface area (Å²) in [5.41, 5.74) is 1.51. The highest BCUT2D eigenvalue weighted by Gasteiger charge is 2.29. The maximum atomic E-state index is 13.4. The Morgan fingerprint density at radius 1 is 1.19 bits per heavy atom. The van der Waals surface area contributed by atoms with E-state index in [1.54, 1.807) is 19.2 Å². The lowest BCUT2D eigenvalue weighted by Gasteiger charge is -2.28. The highest BCUT2D eigenvalue weighted by molar-refractivity contribution is 5.39. The van der Waals surface area contributed by atoms with Gasteiger partial charge in [-0.05, 0) is 42.7 Å². The number of rotatable bonds is 5. The van der Waals surface area contributed by atoms with Crippen LogP contribution in [0.15, 0.2) is 42.5 Å². The second-order valence-electron chi connectivity index (χ2n) is 5.39. The molecule has 112 valence electrons. The van der Waals surface area contributed by atoms with E-state index in [2.05, 4.69) is 0 Å². The van der Waals surface area contributed by atoms with Gasteiger partial charge >= 0.3 is 0 Å². The number of aryl methyl sites for hydroxylation is 1. The van der Waals surface area contributed by atoms with E-state index in [-0.39, 0.29) is 5.82 Å². The Morgan fingerprint density at radius 3 is 2.57 bits per heavy atom. The van der Waals surface area contributed by atoms with Gasteiger partial charge in [0.2, 0.25) is 0 Å². The van der Waals surface area contributed by atoms with Crippen molar-refractivity contribution in [1.82, 2.24) is 0 Å². The number of halogens is 1. The average molecular weight is 288 g/mol. The fourth-order valence-corrected chi connectivity index (χ4v) is 2.57. The molecule has 2 rings (SSSR count). The minimum absolute atomic E-state index is 0.337. The molecule has 0 saturated heterocycles. The first-order chi connectivity index (χ1) is 9.98. The van der Waals surface area contributed by atoms with Crippen LogP contribution in [0.2, 0.25) is 0 Å². The fourth-order valence-electron chi connectivity index (χ4n) is 2.57. The smallest absolute Gasteiger partial charge is 0.123 e. The standard InChI is InChI=1S/C18H21FO2/c1-4-18(20,15-6-5-7-16(19)11-15)12-14-10-13(2)8-9-17(14)21-3/h5-11,20H,4,12H2,1-3H3. The van der Waals surface area contributed by atoms with Gasteiger partial charge < -0.3 is 9.84 Å². The van der Waals surface area contributed by atoms with Crippen LogP contribution in [-0.4, -0.2) is 12.2 Å². The summed E-state index contributed by atoms with van der Waals surface area (Å²) in [6, 6.07) is 12.0. The summed E-state index contributed by atoms with van der Waals surface area (Å²) in [5.74, 6) is 0.402. The monoisotopic (exact) mass is 288 g/mol. The summed E-state index contributed by atoms with van der Waals surface area (Å²) in [5, 5.41) is 11.0. The highest BCUT2D eigenvalue weighted by atomic mass is 19.1. The van der Waals surface area contributed by atoms with Crippen molar-refractivity contribution in [2.75, 3.05) is 7.11 Å². The third-order valence-electron chi connectivity index (χ3n) is 3.87. The Morgan fingerprint density at radius 2 is 1.95 bits per heavy atom. The molecule has 2 nitrogen and oxygen atoms in total. The van der Waals surface area contributed by atoms with Crippen molar-refractivity contribution in [3.05, 3.63) is 65.0 Å². The van der Waals surface area contributed by atoms with Crippen molar-refractivity contribution < 1.29 is 14.2 Å². The molecular weight excluding hydrogens is 267 g/mol. The lowest BCUT2D eigenvalue weighted by Crippen LogP contribution is -2.28. The summed E-state index contributed by atoms with van der Waals surface area (Å²) in [6.07, 6.45) is 0.880. The highest BCUT2D eigenvalue weighted by Crippen LogP contribution is 2.33. The predicted octanol–water partition coefficient (Wildman–Crippen LogP) is 3.98. The van der Waals surface area contributed by atoms with Gasteiger partial charge in [0.25, 0.3) is 0 Å². The van der Waals surface area contributed by atoms with Gasteiger partial charge in [0.1, 0.15) is 11.6 Å². The van der Waals surface area contributed by atoms with Crippen molar-refractivity contribution >= 4 is 0 Å². The van der Waals surface area contributed by atoms with Crippen molar-refractivity contribution in [2.45, 2.75) is 32.3 Å². The van der Waals surface area contributed by atoms with E-state index >= 15 is 0 Å². The maximum absolute atomic E-state index is 13.4. The third-order valence-corrected chi connectivity index (χ3v) is 3.87. The summed E-state index contributed by atoms with van der Waals surface area (Å²) in [6.45, 7) is 3.89. The summed E-state index contributed by atoms with van der Waals surface area (Å²) in [4.78, 5) is 0. The summed E-state index contributed by atoms with van der Waals surface area (Å²) < 4.78 is 18.8. The molecule has 21 heavy (non-hydrogen) atoms. The van der Waals surface area contributed by atoms with E-state index in [1.165, 1.54) is 12.1 Å².